The number of halogens is 1. The Bertz CT molecular complexity index is 572. The minimum absolute atomic E-state index is 0.153. The number of carbonyl (C=O) groups excluding carboxylic acids is 2. The maximum Gasteiger partial charge on any atom is 0.408 e. The minimum Gasteiger partial charge on any atom is -0.588 e. The molecule has 6 nitrogen and oxygen atoms in total. The lowest BCUT2D eigenvalue weighted by atomic mass is 10.0. The molecule has 2 N–H and O–H groups in total. The summed E-state index contributed by atoms with van der Waals surface area (Å²) in [5.41, 5.74) is -0.667. The van der Waals surface area contributed by atoms with Gasteiger partial charge in [-0.1, -0.05) is 25.4 Å². The van der Waals surface area contributed by atoms with Gasteiger partial charge in [0.1, 0.15) is 23.0 Å². The van der Waals surface area contributed by atoms with E-state index in [0.717, 1.165) is 0 Å². The van der Waals surface area contributed by atoms with Gasteiger partial charge in [0.2, 0.25) is 0 Å². The van der Waals surface area contributed by atoms with Gasteiger partial charge in [0.15, 0.2) is 4.90 Å². The average molecular weight is 395 g/mol. The lowest BCUT2D eigenvalue weighted by Gasteiger charge is -2.24. The van der Waals surface area contributed by atoms with Crippen molar-refractivity contribution in [3.63, 3.8) is 0 Å². The van der Waals surface area contributed by atoms with Gasteiger partial charge in [0.05, 0.1) is 9.72 Å². The molecule has 136 valence electrons. The Labute approximate surface area is 154 Å². The number of hydrogen-bond acceptors (Lipinski definition) is 5. The Kier molecular flexibility index (Phi) is 7.85. The van der Waals surface area contributed by atoms with Gasteiger partial charge in [-0.2, -0.15) is 4.72 Å². The van der Waals surface area contributed by atoms with Gasteiger partial charge < -0.3 is 14.6 Å². The summed E-state index contributed by atoms with van der Waals surface area (Å²) in [5.74, 6) is -0.380. The molecule has 0 aliphatic heterocycles. The number of nitrogens with one attached hydrogen (secondary N) is 2. The Hall–Kier alpha value is -0.960. The third kappa shape index (κ3) is 7.74. The molecule has 0 spiro atoms. The fourth-order valence-corrected chi connectivity index (χ4v) is 3.81. The molecule has 0 saturated carbocycles. The molecule has 1 aromatic heterocycles. The van der Waals surface area contributed by atoms with Crippen molar-refractivity contribution in [3.8, 4) is 0 Å². The summed E-state index contributed by atoms with van der Waals surface area (Å²) in [6.07, 6.45) is -0.292. The largest absolute Gasteiger partial charge is 0.588 e. The number of carbonyl (C=O) groups is 2. The first kappa shape index (κ1) is 21.1. The third-order valence-electron chi connectivity index (χ3n) is 2.67. The molecule has 1 unspecified atom stereocenters. The number of amides is 2. The van der Waals surface area contributed by atoms with E-state index >= 15 is 0 Å². The summed E-state index contributed by atoms with van der Waals surface area (Å²) < 4.78 is 20.2. The molecule has 0 fully saturated rings. The first-order valence-corrected chi connectivity index (χ1v) is 9.84. The smallest absolute Gasteiger partial charge is 0.408 e. The van der Waals surface area contributed by atoms with Crippen LogP contribution in [0.3, 0.4) is 0 Å². The average Bonchev–Trinajstić information content (AvgIpc) is 2.81. The van der Waals surface area contributed by atoms with E-state index in [9.17, 15) is 14.1 Å². The zero-order valence-electron chi connectivity index (χ0n) is 14.3. The summed E-state index contributed by atoms with van der Waals surface area (Å²) in [6.45, 7) is 9.05. The van der Waals surface area contributed by atoms with Crippen molar-refractivity contribution in [1.82, 2.24) is 10.0 Å². The molecule has 0 bridgehead atoms. The maximum absolute atomic E-state index is 12.4. The van der Waals surface area contributed by atoms with E-state index in [0.29, 0.717) is 15.7 Å². The Morgan fingerprint density at radius 2 is 2.04 bits per heavy atom. The van der Waals surface area contributed by atoms with Crippen molar-refractivity contribution in [2.45, 2.75) is 57.6 Å². The number of ether oxygens (including phenoxy) is 1. The maximum atomic E-state index is 12.4. The minimum atomic E-state index is -1.73. The van der Waals surface area contributed by atoms with Crippen LogP contribution in [-0.2, 0) is 20.9 Å². The zero-order valence-corrected chi connectivity index (χ0v) is 16.7. The third-order valence-corrected chi connectivity index (χ3v) is 4.96. The highest BCUT2D eigenvalue weighted by atomic mass is 35.5. The second-order valence-electron chi connectivity index (χ2n) is 6.65. The molecule has 9 heteroatoms. The molecule has 1 heterocycles. The van der Waals surface area contributed by atoms with E-state index in [1.165, 1.54) is 17.4 Å². The molecule has 1 rings (SSSR count). The van der Waals surface area contributed by atoms with Crippen LogP contribution in [0.1, 0.15) is 41.0 Å². The van der Waals surface area contributed by atoms with Crippen LogP contribution in [0.2, 0.25) is 4.34 Å². The lowest BCUT2D eigenvalue weighted by molar-refractivity contribution is -0.121. The van der Waals surface area contributed by atoms with Crippen molar-refractivity contribution in [1.29, 1.82) is 0 Å². The monoisotopic (exact) mass is 394 g/mol. The fourth-order valence-electron chi connectivity index (χ4n) is 1.77. The number of rotatable bonds is 6. The van der Waals surface area contributed by atoms with Crippen molar-refractivity contribution < 1.29 is 18.9 Å². The number of thiophene rings is 1. The molecule has 0 aliphatic rings. The Balaban J connectivity index is 2.72. The first-order chi connectivity index (χ1) is 11.0. The molecule has 2 amide bonds. The van der Waals surface area contributed by atoms with E-state index in [4.69, 9.17) is 16.3 Å². The Morgan fingerprint density at radius 3 is 2.50 bits per heavy atom. The van der Waals surface area contributed by atoms with Gasteiger partial charge >= 0.3 is 6.09 Å². The van der Waals surface area contributed by atoms with E-state index in [-0.39, 0.29) is 5.92 Å². The van der Waals surface area contributed by atoms with Crippen LogP contribution in [0.5, 0.6) is 0 Å². The van der Waals surface area contributed by atoms with Crippen LogP contribution in [-0.4, -0.2) is 28.2 Å². The summed E-state index contributed by atoms with van der Waals surface area (Å²) in [4.78, 5) is 24.7. The van der Waals surface area contributed by atoms with Crippen molar-refractivity contribution in [3.05, 3.63) is 15.8 Å². The lowest BCUT2D eigenvalue weighted by Crippen LogP contribution is -2.50. The highest BCUT2D eigenvalue weighted by Gasteiger charge is 2.28. The van der Waals surface area contributed by atoms with E-state index < -0.39 is 35.0 Å². The molecule has 24 heavy (non-hydrogen) atoms. The van der Waals surface area contributed by atoms with Crippen molar-refractivity contribution in [2.75, 3.05) is 0 Å². The van der Waals surface area contributed by atoms with Gasteiger partial charge in [-0.15, -0.1) is 11.3 Å². The molecular formula is C15H23ClN2O4S2. The number of alkyl carbamates (subject to hydrolysis) is 1. The quantitative estimate of drug-likeness (QED) is 0.722. The van der Waals surface area contributed by atoms with E-state index in [1.54, 1.807) is 26.2 Å². The van der Waals surface area contributed by atoms with Gasteiger partial charge in [0, 0.05) is 6.07 Å². The molecule has 0 aliphatic carbocycles. The van der Waals surface area contributed by atoms with E-state index in [2.05, 4.69) is 10.0 Å². The molecule has 1 aromatic rings. The summed E-state index contributed by atoms with van der Waals surface area (Å²) >= 11 is 5.30. The molecule has 2 atom stereocenters. The van der Waals surface area contributed by atoms with Gasteiger partial charge in [-0.05, 0) is 33.1 Å². The highest BCUT2D eigenvalue weighted by molar-refractivity contribution is 7.90. The zero-order chi connectivity index (χ0) is 18.5. The van der Waals surface area contributed by atoms with Crippen LogP contribution in [0, 0.1) is 5.92 Å². The van der Waals surface area contributed by atoms with Gasteiger partial charge in [0.25, 0.3) is 5.91 Å². The standard InChI is InChI=1S/C15H23ClN2O4S2/c1-9(2)6-11(17-14(20)22-15(3,4)5)13(19)18-24(21)10-7-12(16)23-8-10/h7-9,11H,6H2,1-5H3,(H,17,20)(H,18,19)/t11-,24?/m0/s1. The normalized spacial score (nSPS) is 14.2. The molecular weight excluding hydrogens is 372 g/mol. The van der Waals surface area contributed by atoms with Crippen LogP contribution >= 0.6 is 22.9 Å². The SMILES string of the molecule is CC(C)C[C@H](NC(=O)OC(C)(C)C)C(=O)N[S+]([O-])c1csc(Cl)c1. The molecule has 0 radical (unpaired) electrons. The summed E-state index contributed by atoms with van der Waals surface area (Å²) in [6, 6.07) is 0.694. The van der Waals surface area contributed by atoms with Gasteiger partial charge in [-0.3, -0.25) is 4.79 Å². The summed E-state index contributed by atoms with van der Waals surface area (Å²) in [7, 11) is 0. The molecule has 0 saturated heterocycles. The van der Waals surface area contributed by atoms with Crippen LogP contribution in [0.15, 0.2) is 16.3 Å². The van der Waals surface area contributed by atoms with Gasteiger partial charge in [-0.25, -0.2) is 4.79 Å². The predicted molar refractivity (Wildman–Crippen MR) is 96.5 cm³/mol. The second kappa shape index (κ2) is 8.94. The van der Waals surface area contributed by atoms with Crippen molar-refractivity contribution in [2.24, 2.45) is 5.92 Å². The van der Waals surface area contributed by atoms with Crippen LogP contribution in [0.25, 0.3) is 0 Å². The van der Waals surface area contributed by atoms with E-state index in [1.807, 2.05) is 13.8 Å². The highest BCUT2D eigenvalue weighted by Crippen LogP contribution is 2.23. The first-order valence-electron chi connectivity index (χ1n) is 7.43. The number of hydrogen-bond donors (Lipinski definition) is 2. The predicted octanol–water partition coefficient (Wildman–Crippen LogP) is 3.48. The second-order valence-corrected chi connectivity index (χ2v) is 9.41. The fraction of sp³-hybridized carbons (Fsp3) is 0.600. The van der Waals surface area contributed by atoms with Crippen LogP contribution in [0.4, 0.5) is 4.79 Å². The van der Waals surface area contributed by atoms with Crippen LogP contribution < -0.4 is 10.0 Å². The summed E-state index contributed by atoms with van der Waals surface area (Å²) in [5, 5.41) is 4.14. The van der Waals surface area contributed by atoms with Crippen molar-refractivity contribution >= 4 is 46.3 Å². The topological polar surface area (TPSA) is 90.5 Å². The Morgan fingerprint density at radius 1 is 1.42 bits per heavy atom. The molecule has 0 aromatic carbocycles.